The summed E-state index contributed by atoms with van der Waals surface area (Å²) in [5.41, 5.74) is 1.62. The van der Waals surface area contributed by atoms with Gasteiger partial charge in [-0.1, -0.05) is 18.2 Å². The Morgan fingerprint density at radius 1 is 1.22 bits per heavy atom. The first-order valence-corrected chi connectivity index (χ1v) is 8.08. The van der Waals surface area contributed by atoms with Gasteiger partial charge in [-0.3, -0.25) is 4.79 Å². The summed E-state index contributed by atoms with van der Waals surface area (Å²) in [6.07, 6.45) is 2.04. The van der Waals surface area contributed by atoms with Gasteiger partial charge in [0.1, 0.15) is 6.33 Å². The van der Waals surface area contributed by atoms with Crippen LogP contribution in [0.3, 0.4) is 0 Å². The Labute approximate surface area is 138 Å². The number of thiophene rings is 1. The molecule has 1 amide bonds. The van der Waals surface area contributed by atoms with Crippen molar-refractivity contribution < 1.29 is 4.79 Å². The molecule has 0 fully saturated rings. The highest BCUT2D eigenvalue weighted by atomic mass is 32.1. The first-order chi connectivity index (χ1) is 11.2. The molecular formula is C16H17N5OS. The summed E-state index contributed by atoms with van der Waals surface area (Å²) < 4.78 is 1.85. The van der Waals surface area contributed by atoms with E-state index in [4.69, 9.17) is 0 Å². The second-order valence-electron chi connectivity index (χ2n) is 5.06. The van der Waals surface area contributed by atoms with Gasteiger partial charge in [-0.15, -0.1) is 21.5 Å². The van der Waals surface area contributed by atoms with Crippen LogP contribution in [0, 0.1) is 0 Å². The van der Waals surface area contributed by atoms with E-state index < -0.39 is 0 Å². The van der Waals surface area contributed by atoms with Crippen molar-refractivity contribution in [3.63, 3.8) is 0 Å². The Hall–Kier alpha value is -2.67. The van der Waals surface area contributed by atoms with E-state index in [2.05, 4.69) is 20.8 Å². The van der Waals surface area contributed by atoms with Crippen LogP contribution in [0.1, 0.15) is 10.7 Å². The number of rotatable bonds is 6. The molecule has 3 rings (SSSR count). The molecule has 0 aliphatic carbocycles. The zero-order chi connectivity index (χ0) is 16.1. The van der Waals surface area contributed by atoms with Crippen LogP contribution in [0.15, 0.2) is 48.1 Å². The average molecular weight is 327 g/mol. The number of hydrogen-bond donors (Lipinski definition) is 2. The number of carbonyl (C=O) groups is 1. The van der Waals surface area contributed by atoms with Crippen molar-refractivity contribution in [2.75, 3.05) is 10.6 Å². The van der Waals surface area contributed by atoms with Crippen molar-refractivity contribution in [2.45, 2.75) is 13.0 Å². The average Bonchev–Trinajstić information content (AvgIpc) is 3.18. The van der Waals surface area contributed by atoms with E-state index in [1.165, 1.54) is 0 Å². The molecule has 0 radical (unpaired) electrons. The number of hydrogen-bond acceptors (Lipinski definition) is 5. The summed E-state index contributed by atoms with van der Waals surface area (Å²) in [4.78, 5) is 13.2. The number of aromatic nitrogens is 3. The van der Waals surface area contributed by atoms with Crippen LogP contribution >= 0.6 is 11.3 Å². The number of para-hydroxylation sites is 2. The largest absolute Gasteiger partial charge is 0.376 e. The lowest BCUT2D eigenvalue weighted by Gasteiger charge is -2.12. The first kappa shape index (κ1) is 15.2. The number of anilines is 2. The summed E-state index contributed by atoms with van der Waals surface area (Å²) in [6, 6.07) is 11.5. The molecule has 0 aliphatic rings. The van der Waals surface area contributed by atoms with E-state index in [0.29, 0.717) is 13.0 Å². The van der Waals surface area contributed by atoms with Crippen molar-refractivity contribution >= 4 is 28.6 Å². The van der Waals surface area contributed by atoms with Gasteiger partial charge in [-0.05, 0) is 23.6 Å². The third-order valence-electron chi connectivity index (χ3n) is 3.36. The second kappa shape index (κ2) is 7.06. The molecular weight excluding hydrogens is 310 g/mol. The maximum absolute atomic E-state index is 12.2. The standard InChI is InChI=1S/C16H17N5OS/c1-21-11-18-20-15(21)10-17-13-6-2-3-7-14(13)19-16(22)9-12-5-4-8-23-12/h2-8,11,17H,9-10H2,1H3,(H,19,22). The molecule has 0 saturated heterocycles. The maximum Gasteiger partial charge on any atom is 0.229 e. The lowest BCUT2D eigenvalue weighted by molar-refractivity contribution is -0.115. The second-order valence-corrected chi connectivity index (χ2v) is 6.09. The SMILES string of the molecule is Cn1cnnc1CNc1ccccc1NC(=O)Cc1cccs1. The topological polar surface area (TPSA) is 71.8 Å². The quantitative estimate of drug-likeness (QED) is 0.730. The molecule has 0 bridgehead atoms. The van der Waals surface area contributed by atoms with Crippen molar-refractivity contribution in [1.82, 2.24) is 14.8 Å². The molecule has 6 nitrogen and oxygen atoms in total. The summed E-state index contributed by atoms with van der Waals surface area (Å²) >= 11 is 1.58. The monoisotopic (exact) mass is 327 g/mol. The Balaban J connectivity index is 1.65. The summed E-state index contributed by atoms with van der Waals surface area (Å²) in [5.74, 6) is 0.796. The van der Waals surface area contributed by atoms with Crippen LogP contribution in [0.25, 0.3) is 0 Å². The fourth-order valence-electron chi connectivity index (χ4n) is 2.15. The van der Waals surface area contributed by atoms with Gasteiger partial charge in [0.25, 0.3) is 0 Å². The van der Waals surface area contributed by atoms with E-state index in [9.17, 15) is 4.79 Å². The normalized spacial score (nSPS) is 10.5. The number of aryl methyl sites for hydroxylation is 1. The number of amides is 1. The molecule has 2 N–H and O–H groups in total. The van der Waals surface area contributed by atoms with Gasteiger partial charge in [0, 0.05) is 11.9 Å². The molecule has 0 aliphatic heterocycles. The van der Waals surface area contributed by atoms with E-state index in [-0.39, 0.29) is 5.91 Å². The molecule has 1 aromatic carbocycles. The van der Waals surface area contributed by atoms with Gasteiger partial charge in [-0.2, -0.15) is 0 Å². The first-order valence-electron chi connectivity index (χ1n) is 7.20. The number of nitrogens with zero attached hydrogens (tertiary/aromatic N) is 3. The molecule has 0 atom stereocenters. The molecule has 2 heterocycles. The van der Waals surface area contributed by atoms with E-state index in [0.717, 1.165) is 22.1 Å². The highest BCUT2D eigenvalue weighted by molar-refractivity contribution is 7.10. The maximum atomic E-state index is 12.2. The highest BCUT2D eigenvalue weighted by Gasteiger charge is 2.09. The van der Waals surface area contributed by atoms with Gasteiger partial charge >= 0.3 is 0 Å². The molecule has 0 spiro atoms. The Morgan fingerprint density at radius 2 is 2.04 bits per heavy atom. The third-order valence-corrected chi connectivity index (χ3v) is 4.23. The van der Waals surface area contributed by atoms with Crippen molar-refractivity contribution in [2.24, 2.45) is 7.05 Å². The number of carbonyl (C=O) groups excluding carboxylic acids is 1. The summed E-state index contributed by atoms with van der Waals surface area (Å²) in [6.45, 7) is 0.536. The van der Waals surface area contributed by atoms with Gasteiger partial charge in [0.05, 0.1) is 24.3 Å². The molecule has 23 heavy (non-hydrogen) atoms. The zero-order valence-electron chi connectivity index (χ0n) is 12.7. The Bertz CT molecular complexity index is 781. The third kappa shape index (κ3) is 3.95. The fourth-order valence-corrected chi connectivity index (χ4v) is 2.86. The van der Waals surface area contributed by atoms with Gasteiger partial charge < -0.3 is 15.2 Å². The highest BCUT2D eigenvalue weighted by Crippen LogP contribution is 2.22. The van der Waals surface area contributed by atoms with E-state index >= 15 is 0 Å². The Morgan fingerprint density at radius 3 is 2.74 bits per heavy atom. The van der Waals surface area contributed by atoms with Crippen LogP contribution < -0.4 is 10.6 Å². The van der Waals surface area contributed by atoms with Crippen LogP contribution in [-0.2, 0) is 24.8 Å². The predicted molar refractivity (Wildman–Crippen MR) is 91.4 cm³/mol. The lowest BCUT2D eigenvalue weighted by atomic mass is 10.2. The minimum atomic E-state index is -0.0274. The van der Waals surface area contributed by atoms with Gasteiger partial charge in [0.15, 0.2) is 5.82 Å². The minimum absolute atomic E-state index is 0.0274. The van der Waals surface area contributed by atoms with E-state index in [1.807, 2.05) is 53.4 Å². The van der Waals surface area contributed by atoms with Gasteiger partial charge in [-0.25, -0.2) is 0 Å². The molecule has 3 aromatic rings. The molecule has 118 valence electrons. The molecule has 0 saturated carbocycles. The molecule has 7 heteroatoms. The lowest BCUT2D eigenvalue weighted by Crippen LogP contribution is -2.15. The smallest absolute Gasteiger partial charge is 0.229 e. The minimum Gasteiger partial charge on any atom is -0.376 e. The van der Waals surface area contributed by atoms with Crippen LogP contribution in [-0.4, -0.2) is 20.7 Å². The summed E-state index contributed by atoms with van der Waals surface area (Å²) in [7, 11) is 1.89. The molecule has 0 unspecified atom stereocenters. The summed E-state index contributed by atoms with van der Waals surface area (Å²) in [5, 5.41) is 16.1. The van der Waals surface area contributed by atoms with Crippen LogP contribution in [0.4, 0.5) is 11.4 Å². The van der Waals surface area contributed by atoms with Crippen molar-refractivity contribution in [3.8, 4) is 0 Å². The van der Waals surface area contributed by atoms with Gasteiger partial charge in [0.2, 0.25) is 5.91 Å². The Kier molecular flexibility index (Phi) is 4.68. The number of benzene rings is 1. The molecule has 2 aromatic heterocycles. The van der Waals surface area contributed by atoms with Crippen LogP contribution in [0.5, 0.6) is 0 Å². The predicted octanol–water partition coefficient (Wildman–Crippen LogP) is 2.67. The van der Waals surface area contributed by atoms with Crippen molar-refractivity contribution in [1.29, 1.82) is 0 Å². The number of nitrogens with one attached hydrogen (secondary N) is 2. The van der Waals surface area contributed by atoms with Crippen molar-refractivity contribution in [3.05, 3.63) is 58.8 Å². The fraction of sp³-hybridized carbons (Fsp3) is 0.188. The zero-order valence-corrected chi connectivity index (χ0v) is 13.5. The van der Waals surface area contributed by atoms with E-state index in [1.54, 1.807) is 17.7 Å². The van der Waals surface area contributed by atoms with Crippen LogP contribution in [0.2, 0.25) is 0 Å².